The van der Waals surface area contributed by atoms with Crippen LogP contribution in [0.1, 0.15) is 12.5 Å². The zero-order valence-electron chi connectivity index (χ0n) is 18.8. The van der Waals surface area contributed by atoms with Crippen LogP contribution in [-0.2, 0) is 14.4 Å². The molecular formula is C24H22N4O4S2. The lowest BCUT2D eigenvalue weighted by Crippen LogP contribution is -2.38. The molecule has 0 N–H and O–H groups in total. The van der Waals surface area contributed by atoms with Gasteiger partial charge in [0, 0.05) is 7.05 Å². The van der Waals surface area contributed by atoms with E-state index in [2.05, 4.69) is 4.99 Å². The van der Waals surface area contributed by atoms with Crippen molar-refractivity contribution in [2.24, 2.45) is 4.99 Å². The first-order chi connectivity index (χ1) is 16.3. The number of para-hydroxylation sites is 1. The average Bonchev–Trinajstić information content (AvgIpc) is 3.21. The number of ether oxygens (including phenoxy) is 1. The summed E-state index contributed by atoms with van der Waals surface area (Å²) < 4.78 is 5.41. The minimum atomic E-state index is -0.611. The second-order valence-corrected chi connectivity index (χ2v) is 9.31. The van der Waals surface area contributed by atoms with Crippen molar-refractivity contribution in [3.63, 3.8) is 0 Å². The van der Waals surface area contributed by atoms with E-state index in [9.17, 15) is 14.4 Å². The van der Waals surface area contributed by atoms with Gasteiger partial charge in [0.25, 0.3) is 17.7 Å². The SMILES string of the molecule is COc1ccc(/C=C2/SC(=S)N(CC(=O)N=C3C(=O)N(c4ccccc4)N(C)C3C)C2=O)cc1. The Labute approximate surface area is 206 Å². The van der Waals surface area contributed by atoms with Crippen LogP contribution >= 0.6 is 24.0 Å². The molecule has 0 aliphatic carbocycles. The highest BCUT2D eigenvalue weighted by Crippen LogP contribution is 2.33. The van der Waals surface area contributed by atoms with Crippen molar-refractivity contribution in [2.75, 3.05) is 25.7 Å². The van der Waals surface area contributed by atoms with Gasteiger partial charge in [-0.2, -0.15) is 0 Å². The van der Waals surface area contributed by atoms with Gasteiger partial charge < -0.3 is 4.74 Å². The van der Waals surface area contributed by atoms with E-state index in [1.165, 1.54) is 9.91 Å². The smallest absolute Gasteiger partial charge is 0.289 e. The molecule has 2 aliphatic rings. The number of hydrazine groups is 1. The highest BCUT2D eigenvalue weighted by atomic mass is 32.2. The predicted octanol–water partition coefficient (Wildman–Crippen LogP) is 3.15. The number of carbonyl (C=O) groups excluding carboxylic acids is 3. The Morgan fingerprint density at radius 3 is 2.44 bits per heavy atom. The monoisotopic (exact) mass is 494 g/mol. The molecule has 3 amide bonds. The summed E-state index contributed by atoms with van der Waals surface area (Å²) in [6.45, 7) is 1.47. The number of rotatable bonds is 5. The predicted molar refractivity (Wildman–Crippen MR) is 136 cm³/mol. The van der Waals surface area contributed by atoms with Gasteiger partial charge >= 0.3 is 0 Å². The second-order valence-electron chi connectivity index (χ2n) is 7.63. The number of nitrogens with zero attached hydrogens (tertiary/aromatic N) is 4. The van der Waals surface area contributed by atoms with Gasteiger partial charge in [-0.1, -0.05) is 54.3 Å². The normalized spacial score (nSPS) is 21.3. The third-order valence-electron chi connectivity index (χ3n) is 5.51. The number of anilines is 1. The van der Waals surface area contributed by atoms with Crippen LogP contribution in [0.2, 0.25) is 0 Å². The Bertz CT molecular complexity index is 1210. The molecule has 1 unspecified atom stereocenters. The molecule has 2 aliphatic heterocycles. The summed E-state index contributed by atoms with van der Waals surface area (Å²) in [5, 5.41) is 3.20. The van der Waals surface area contributed by atoms with E-state index >= 15 is 0 Å². The second kappa shape index (κ2) is 9.88. The van der Waals surface area contributed by atoms with E-state index < -0.39 is 11.9 Å². The largest absolute Gasteiger partial charge is 0.497 e. The summed E-state index contributed by atoms with van der Waals surface area (Å²) in [5.74, 6) is -0.644. The van der Waals surface area contributed by atoms with E-state index in [4.69, 9.17) is 17.0 Å². The number of thiocarbonyl (C=S) groups is 1. The number of amides is 3. The Morgan fingerprint density at radius 1 is 1.12 bits per heavy atom. The number of methoxy groups -OCH3 is 1. The maximum Gasteiger partial charge on any atom is 0.289 e. The van der Waals surface area contributed by atoms with Gasteiger partial charge in [0.05, 0.1) is 23.7 Å². The molecule has 10 heteroatoms. The maximum atomic E-state index is 13.0. The van der Waals surface area contributed by atoms with Crippen molar-refractivity contribution in [2.45, 2.75) is 13.0 Å². The molecule has 174 valence electrons. The Balaban J connectivity index is 1.49. The molecule has 2 aromatic rings. The van der Waals surface area contributed by atoms with Crippen molar-refractivity contribution < 1.29 is 19.1 Å². The Kier molecular flexibility index (Phi) is 6.92. The van der Waals surface area contributed by atoms with Crippen LogP contribution in [0.4, 0.5) is 5.69 Å². The number of carbonyl (C=O) groups is 3. The summed E-state index contributed by atoms with van der Waals surface area (Å²) in [5.41, 5.74) is 1.61. The van der Waals surface area contributed by atoms with Crippen molar-refractivity contribution in [1.82, 2.24) is 9.91 Å². The molecule has 0 saturated carbocycles. The van der Waals surface area contributed by atoms with Gasteiger partial charge in [-0.15, -0.1) is 0 Å². The number of thioether (sulfide) groups is 1. The molecule has 1 atom stereocenters. The molecule has 0 bridgehead atoms. The minimum absolute atomic E-state index is 0.121. The van der Waals surface area contributed by atoms with Crippen LogP contribution in [0, 0.1) is 0 Å². The molecule has 2 fully saturated rings. The number of benzene rings is 2. The fourth-order valence-corrected chi connectivity index (χ4v) is 4.84. The van der Waals surface area contributed by atoms with Crippen molar-refractivity contribution in [3.05, 3.63) is 65.1 Å². The van der Waals surface area contributed by atoms with E-state index in [1.807, 2.05) is 30.3 Å². The fraction of sp³-hybridized carbons (Fsp3) is 0.208. The molecule has 8 nitrogen and oxygen atoms in total. The zero-order valence-corrected chi connectivity index (χ0v) is 20.4. The van der Waals surface area contributed by atoms with E-state index in [0.29, 0.717) is 16.3 Å². The molecule has 4 rings (SSSR count). The van der Waals surface area contributed by atoms with Crippen LogP contribution in [0.15, 0.2) is 64.5 Å². The van der Waals surface area contributed by atoms with Crippen LogP contribution < -0.4 is 9.75 Å². The highest BCUT2D eigenvalue weighted by molar-refractivity contribution is 8.26. The first kappa shape index (κ1) is 23.8. The van der Waals surface area contributed by atoms with Gasteiger partial charge in [0.15, 0.2) is 0 Å². The van der Waals surface area contributed by atoms with Gasteiger partial charge in [0.2, 0.25) is 0 Å². The maximum absolute atomic E-state index is 13.0. The number of hydrogen-bond acceptors (Lipinski definition) is 7. The van der Waals surface area contributed by atoms with Gasteiger partial charge in [-0.05, 0) is 42.8 Å². The topological polar surface area (TPSA) is 82.5 Å². The fourth-order valence-electron chi connectivity index (χ4n) is 3.58. The Morgan fingerprint density at radius 2 is 1.79 bits per heavy atom. The summed E-state index contributed by atoms with van der Waals surface area (Å²) >= 11 is 6.45. The van der Waals surface area contributed by atoms with Gasteiger partial charge in [-0.25, -0.2) is 15.0 Å². The molecular weight excluding hydrogens is 472 g/mol. The van der Waals surface area contributed by atoms with E-state index in [1.54, 1.807) is 56.4 Å². The highest BCUT2D eigenvalue weighted by Gasteiger charge is 2.41. The van der Waals surface area contributed by atoms with Crippen molar-refractivity contribution in [1.29, 1.82) is 0 Å². The Hall–Kier alpha value is -3.34. The molecule has 2 aromatic carbocycles. The first-order valence-corrected chi connectivity index (χ1v) is 11.7. The third kappa shape index (κ3) is 4.65. The quantitative estimate of drug-likeness (QED) is 0.467. The zero-order chi connectivity index (χ0) is 24.4. The number of aliphatic imine (C=N–C) groups is 1. The third-order valence-corrected chi connectivity index (χ3v) is 6.89. The van der Waals surface area contributed by atoms with E-state index in [-0.39, 0.29) is 28.4 Å². The lowest BCUT2D eigenvalue weighted by molar-refractivity contribution is -0.127. The van der Waals surface area contributed by atoms with Crippen LogP contribution in [0.5, 0.6) is 5.75 Å². The molecule has 2 saturated heterocycles. The average molecular weight is 495 g/mol. The molecule has 0 spiro atoms. The molecule has 0 radical (unpaired) electrons. The molecule has 0 aromatic heterocycles. The lowest BCUT2D eigenvalue weighted by atomic mass is 10.2. The standard InChI is InChI=1S/C24H22N4O4S2/c1-15-21(23(31)28(26(15)2)17-7-5-4-6-8-17)25-20(29)14-27-22(30)19(34-24(27)33)13-16-9-11-18(32-3)12-10-16/h4-13,15H,14H2,1-3H3/b19-13+,25-21?. The summed E-state index contributed by atoms with van der Waals surface area (Å²) in [6, 6.07) is 16.0. The van der Waals surface area contributed by atoms with E-state index in [0.717, 1.165) is 17.3 Å². The lowest BCUT2D eigenvalue weighted by Gasteiger charge is -2.25. The van der Waals surface area contributed by atoms with Crippen LogP contribution in [-0.4, -0.2) is 64.4 Å². The van der Waals surface area contributed by atoms with Crippen LogP contribution in [0.3, 0.4) is 0 Å². The van der Waals surface area contributed by atoms with Gasteiger partial charge in [-0.3, -0.25) is 19.3 Å². The summed E-state index contributed by atoms with van der Waals surface area (Å²) in [4.78, 5) is 44.3. The molecule has 34 heavy (non-hydrogen) atoms. The van der Waals surface area contributed by atoms with Crippen molar-refractivity contribution >= 4 is 63.5 Å². The van der Waals surface area contributed by atoms with Crippen LogP contribution in [0.25, 0.3) is 6.08 Å². The summed E-state index contributed by atoms with van der Waals surface area (Å²) in [7, 11) is 3.34. The van der Waals surface area contributed by atoms with Crippen molar-refractivity contribution in [3.8, 4) is 5.75 Å². The van der Waals surface area contributed by atoms with Gasteiger partial charge in [0.1, 0.15) is 22.3 Å². The summed E-state index contributed by atoms with van der Waals surface area (Å²) in [6.07, 6.45) is 1.71. The minimum Gasteiger partial charge on any atom is -0.497 e. The number of hydrogen-bond donors (Lipinski definition) is 0. The first-order valence-electron chi connectivity index (χ1n) is 10.4. The molecule has 2 heterocycles.